The number of aliphatic hydroxyl groups is 2. The van der Waals surface area contributed by atoms with Crippen molar-refractivity contribution in [1.82, 2.24) is 0 Å². The molecule has 6 heteroatoms. The van der Waals surface area contributed by atoms with Gasteiger partial charge in [-0.3, -0.25) is 0 Å². The van der Waals surface area contributed by atoms with Gasteiger partial charge in [0.2, 0.25) is 0 Å². The zero-order valence-electron chi connectivity index (χ0n) is 12.5. The first-order valence-corrected chi connectivity index (χ1v) is 8.12. The highest BCUT2D eigenvalue weighted by Gasteiger charge is 2.69. The summed E-state index contributed by atoms with van der Waals surface area (Å²) in [5, 5.41) is 21.6. The van der Waals surface area contributed by atoms with E-state index in [1.807, 2.05) is 0 Å². The summed E-state index contributed by atoms with van der Waals surface area (Å²) in [6.45, 7) is 0.278. The second-order valence-electron chi connectivity index (χ2n) is 6.93. The van der Waals surface area contributed by atoms with Crippen LogP contribution in [0.3, 0.4) is 0 Å². The van der Waals surface area contributed by atoms with Gasteiger partial charge in [0.05, 0.1) is 6.61 Å². The minimum absolute atomic E-state index is 0.0670. The molecule has 0 unspecified atom stereocenters. The molecule has 4 aliphatic rings. The average Bonchev–Trinajstić information content (AvgIpc) is 2.99. The number of fused-ring (bicyclic) bond motifs is 1. The molecule has 2 aliphatic carbocycles. The fraction of sp³-hybridized carbons (Fsp3) is 0.812. The van der Waals surface area contributed by atoms with Gasteiger partial charge in [0.25, 0.3) is 0 Å². The molecular formula is C16H22O6. The Morgan fingerprint density at radius 1 is 1.09 bits per heavy atom. The van der Waals surface area contributed by atoms with Gasteiger partial charge >= 0.3 is 5.97 Å². The maximum absolute atomic E-state index is 12.1. The maximum atomic E-state index is 12.1. The number of hydrogen-bond donors (Lipinski definition) is 2. The number of esters is 1. The molecule has 1 saturated carbocycles. The highest BCUT2D eigenvalue weighted by Crippen LogP contribution is 2.48. The topological polar surface area (TPSA) is 85.2 Å². The number of rotatable bonds is 1. The van der Waals surface area contributed by atoms with Crippen LogP contribution < -0.4 is 0 Å². The van der Waals surface area contributed by atoms with Crippen molar-refractivity contribution >= 4 is 5.97 Å². The molecule has 0 radical (unpaired) electrons. The molecule has 2 N–H and O–H groups in total. The maximum Gasteiger partial charge on any atom is 0.342 e. The normalized spacial score (nSPS) is 46.7. The molecule has 3 fully saturated rings. The zero-order valence-corrected chi connectivity index (χ0v) is 12.5. The Hall–Kier alpha value is -0.950. The first kappa shape index (κ1) is 14.6. The highest BCUT2D eigenvalue weighted by molar-refractivity contribution is 5.85. The summed E-state index contributed by atoms with van der Waals surface area (Å²) in [7, 11) is 0. The predicted molar refractivity (Wildman–Crippen MR) is 74.8 cm³/mol. The van der Waals surface area contributed by atoms with Crippen molar-refractivity contribution in [3.63, 3.8) is 0 Å². The van der Waals surface area contributed by atoms with Crippen LogP contribution in [0.25, 0.3) is 0 Å². The van der Waals surface area contributed by atoms with Crippen molar-refractivity contribution in [1.29, 1.82) is 0 Å². The molecule has 0 aromatic rings. The lowest BCUT2D eigenvalue weighted by Crippen LogP contribution is -2.61. The molecule has 2 saturated heterocycles. The lowest BCUT2D eigenvalue weighted by Gasteiger charge is -2.39. The Morgan fingerprint density at radius 3 is 2.59 bits per heavy atom. The molecule has 122 valence electrons. The fourth-order valence-electron chi connectivity index (χ4n) is 4.25. The van der Waals surface area contributed by atoms with Crippen molar-refractivity contribution in [2.45, 2.75) is 74.1 Å². The first-order chi connectivity index (χ1) is 10.5. The van der Waals surface area contributed by atoms with Crippen molar-refractivity contribution in [2.24, 2.45) is 0 Å². The number of ether oxygens (including phenoxy) is 3. The average molecular weight is 310 g/mol. The van der Waals surface area contributed by atoms with E-state index in [0.29, 0.717) is 0 Å². The molecule has 0 aromatic heterocycles. The quantitative estimate of drug-likeness (QED) is 0.550. The summed E-state index contributed by atoms with van der Waals surface area (Å²) in [6.07, 6.45) is 7.21. The second-order valence-corrected chi connectivity index (χ2v) is 6.93. The fourth-order valence-corrected chi connectivity index (χ4v) is 4.25. The third-order valence-electron chi connectivity index (χ3n) is 5.60. The van der Waals surface area contributed by atoms with Crippen LogP contribution in [0.1, 0.15) is 44.9 Å². The predicted octanol–water partition coefficient (Wildman–Crippen LogP) is 0.800. The third kappa shape index (κ3) is 1.84. The van der Waals surface area contributed by atoms with Gasteiger partial charge < -0.3 is 24.4 Å². The molecular weight excluding hydrogens is 288 g/mol. The molecule has 4 atom stereocenters. The Labute approximate surface area is 129 Å². The molecule has 1 spiro atoms. The molecule has 22 heavy (non-hydrogen) atoms. The van der Waals surface area contributed by atoms with Crippen molar-refractivity contribution < 1.29 is 29.2 Å². The summed E-state index contributed by atoms with van der Waals surface area (Å²) >= 11 is 0. The zero-order chi connectivity index (χ0) is 15.4. The van der Waals surface area contributed by atoms with Crippen LogP contribution in [0, 0.1) is 0 Å². The van der Waals surface area contributed by atoms with E-state index in [1.54, 1.807) is 12.2 Å². The van der Waals surface area contributed by atoms with Crippen LogP contribution in [0.15, 0.2) is 12.2 Å². The SMILES string of the molecule is O=C1O[C@H]([C@@H]2COC3(CCCCC3)O2)[C@@]2(O)CC=CC[C@@]12O. The minimum atomic E-state index is -1.88. The van der Waals surface area contributed by atoms with Crippen LogP contribution >= 0.6 is 0 Å². The number of carbonyl (C=O) groups is 1. The Balaban J connectivity index is 1.58. The standard InChI is InChI=1S/C16H22O6/c17-13-16(19)9-5-4-8-15(16,18)12(21-13)11-10-20-14(22-11)6-2-1-3-7-14/h4-5,11-12,18-19H,1-3,6-10H2/t11-,12+,15-,16+/m0/s1. The van der Waals surface area contributed by atoms with E-state index >= 15 is 0 Å². The third-order valence-corrected chi connectivity index (χ3v) is 5.60. The van der Waals surface area contributed by atoms with Gasteiger partial charge in [-0.2, -0.15) is 0 Å². The van der Waals surface area contributed by atoms with E-state index in [1.165, 1.54) is 6.42 Å². The van der Waals surface area contributed by atoms with Gasteiger partial charge in [0.15, 0.2) is 17.5 Å². The van der Waals surface area contributed by atoms with Gasteiger partial charge in [-0.1, -0.05) is 18.6 Å². The van der Waals surface area contributed by atoms with E-state index in [4.69, 9.17) is 14.2 Å². The Kier molecular flexibility index (Phi) is 3.17. The van der Waals surface area contributed by atoms with Gasteiger partial charge in [-0.05, 0) is 12.8 Å². The van der Waals surface area contributed by atoms with E-state index in [9.17, 15) is 15.0 Å². The number of hydrogen-bond acceptors (Lipinski definition) is 6. The highest BCUT2D eigenvalue weighted by atomic mass is 16.8. The van der Waals surface area contributed by atoms with Crippen LogP contribution in [0.5, 0.6) is 0 Å². The van der Waals surface area contributed by atoms with Gasteiger partial charge in [-0.15, -0.1) is 0 Å². The van der Waals surface area contributed by atoms with Gasteiger partial charge in [-0.25, -0.2) is 4.79 Å². The molecule has 0 amide bonds. The monoisotopic (exact) mass is 310 g/mol. The lowest BCUT2D eigenvalue weighted by molar-refractivity contribution is -0.210. The minimum Gasteiger partial charge on any atom is -0.454 e. The summed E-state index contributed by atoms with van der Waals surface area (Å²) < 4.78 is 17.3. The summed E-state index contributed by atoms with van der Waals surface area (Å²) in [4.78, 5) is 12.1. The Bertz CT molecular complexity index is 511. The molecule has 6 nitrogen and oxygen atoms in total. The largest absolute Gasteiger partial charge is 0.454 e. The molecule has 0 bridgehead atoms. The van der Waals surface area contributed by atoms with Crippen LogP contribution in [-0.2, 0) is 19.0 Å². The smallest absolute Gasteiger partial charge is 0.342 e. The molecule has 4 rings (SSSR count). The van der Waals surface area contributed by atoms with Crippen molar-refractivity contribution in [3.05, 3.63) is 12.2 Å². The van der Waals surface area contributed by atoms with E-state index in [0.717, 1.165) is 25.7 Å². The summed E-state index contributed by atoms with van der Waals surface area (Å²) in [5.74, 6) is -1.37. The van der Waals surface area contributed by atoms with Gasteiger partial charge in [0.1, 0.15) is 11.7 Å². The second kappa shape index (κ2) is 4.77. The molecule has 0 aromatic carbocycles. The lowest BCUT2D eigenvalue weighted by atomic mass is 9.72. The van der Waals surface area contributed by atoms with E-state index in [2.05, 4.69) is 0 Å². The van der Waals surface area contributed by atoms with Crippen molar-refractivity contribution in [3.8, 4) is 0 Å². The van der Waals surface area contributed by atoms with E-state index < -0.39 is 35.2 Å². The molecule has 2 heterocycles. The van der Waals surface area contributed by atoms with E-state index in [-0.39, 0.29) is 19.4 Å². The van der Waals surface area contributed by atoms with Gasteiger partial charge in [0, 0.05) is 25.7 Å². The van der Waals surface area contributed by atoms with Crippen LogP contribution in [0.4, 0.5) is 0 Å². The number of cyclic esters (lactones) is 1. The van der Waals surface area contributed by atoms with Crippen LogP contribution in [-0.4, -0.2) is 52.0 Å². The number of carbonyl (C=O) groups excluding carboxylic acids is 1. The Morgan fingerprint density at radius 2 is 1.82 bits per heavy atom. The van der Waals surface area contributed by atoms with Crippen LogP contribution in [0.2, 0.25) is 0 Å². The summed E-state index contributed by atoms with van der Waals surface area (Å²) in [5.41, 5.74) is -3.52. The van der Waals surface area contributed by atoms with Crippen molar-refractivity contribution in [2.75, 3.05) is 6.61 Å². The molecule has 2 aliphatic heterocycles. The summed E-state index contributed by atoms with van der Waals surface area (Å²) in [6, 6.07) is 0. The first-order valence-electron chi connectivity index (χ1n) is 8.12.